The van der Waals surface area contributed by atoms with Gasteiger partial charge in [0.2, 0.25) is 11.8 Å². The Morgan fingerprint density at radius 2 is 0.863 bits per heavy atom. The number of nitrogens with one attached hydrogen (secondary N) is 4. The van der Waals surface area contributed by atoms with Crippen LogP contribution in [0.25, 0.3) is 0 Å². The molecule has 13 N–H and O–H groups in total. The molecule has 7 saturated heterocycles. The van der Waals surface area contributed by atoms with Gasteiger partial charge < -0.3 is 143 Å². The van der Waals surface area contributed by atoms with E-state index in [0.717, 1.165) is 25.0 Å². The second kappa shape index (κ2) is 40.9. The zero-order chi connectivity index (χ0) is 68.7. The largest absolute Gasteiger partial charge is 0.396 e. The van der Waals surface area contributed by atoms with E-state index in [1.54, 1.807) is 0 Å². The van der Waals surface area contributed by atoms with Crippen molar-refractivity contribution in [1.29, 1.82) is 0 Å². The number of fused-ring (bicyclic) bond motifs is 1. The maximum Gasteiger partial charge on any atom is 0.315 e. The first-order valence-electron chi connectivity index (χ1n) is 33.4. The van der Waals surface area contributed by atoms with E-state index < -0.39 is 198 Å². The fraction of sp³-hybridized carbons (Fsp3) is 0.952. The number of urea groups is 1. The summed E-state index contributed by atoms with van der Waals surface area (Å²) in [6.45, 7) is -4.07. The number of hydrogen-bond donors (Lipinski definition) is 13. The Morgan fingerprint density at radius 1 is 0.453 bits per heavy atom. The zero-order valence-corrected chi connectivity index (χ0v) is 56.6. The van der Waals surface area contributed by atoms with Gasteiger partial charge in [0.1, 0.15) is 30.5 Å². The summed E-state index contributed by atoms with van der Waals surface area (Å²) in [7, 11) is 9.83. The standard InChI is InChI=1S/C62H110N4O28S/c1-79-28-42-36(25-73)49(91-58-53(82-4)35(24-72)33(22-70)41(87-58)17-20-68)54(83-5)59(88-42)92-50-37(26-74)43(29-80-2)89-60(55(50)84-6)93-51-38(27-75)44(30-81-3)90-61(56(51)85-7)94-52-34(23-71)32(21-69)40(16-19-67)86-57(52)65-47(77)15-9-8-12-18-63-46(76)14-11-10-13-45-48-39(31-95-45)64-62(78)66-48/h32-45,48-61,67-75H,8-31H2,1-7H3,(H,63,76)(H,65,77)(H2,64,66,78)/t32-,33-,34-,35-,36+,37+,38+,39-,40?,41?,42?,43?,44?,45-,48-,49-,50-,51-,52?,53?,54?,55?,56?,57-,58+,59+,60+,61+/m0/s1. The van der Waals surface area contributed by atoms with Gasteiger partial charge in [-0.15, -0.1) is 0 Å². The average Bonchev–Trinajstić information content (AvgIpc) is 1.60. The van der Waals surface area contributed by atoms with Crippen molar-refractivity contribution in [2.75, 3.05) is 141 Å². The normalized spacial score (nSPS) is 39.7. The van der Waals surface area contributed by atoms with Crippen molar-refractivity contribution < 1.29 is 136 Å². The van der Waals surface area contributed by atoms with Crippen LogP contribution in [0.2, 0.25) is 0 Å². The highest BCUT2D eigenvalue weighted by Crippen LogP contribution is 2.44. The number of ether oxygens (including phenoxy) is 16. The van der Waals surface area contributed by atoms with Gasteiger partial charge in [-0.1, -0.05) is 12.8 Å². The van der Waals surface area contributed by atoms with Crippen LogP contribution in [0.1, 0.15) is 64.2 Å². The Hall–Kier alpha value is -2.44. The fourth-order valence-corrected chi connectivity index (χ4v) is 16.4. The Bertz CT molecular complexity index is 2220. The summed E-state index contributed by atoms with van der Waals surface area (Å²) in [5, 5.41) is 109. The first kappa shape index (κ1) is 79.9. The summed E-state index contributed by atoms with van der Waals surface area (Å²) >= 11 is 1.84. The number of unbranched alkanes of at least 4 members (excludes halogenated alkanes) is 3. The summed E-state index contributed by atoms with van der Waals surface area (Å²) in [5.41, 5.74) is 0. The Balaban J connectivity index is 1.08. The van der Waals surface area contributed by atoms with Crippen LogP contribution in [0.15, 0.2) is 0 Å². The lowest BCUT2D eigenvalue weighted by atomic mass is 9.80. The number of aliphatic hydroxyl groups is 9. The summed E-state index contributed by atoms with van der Waals surface area (Å²) in [4.78, 5) is 38.4. The molecule has 7 aliphatic heterocycles. The van der Waals surface area contributed by atoms with E-state index in [-0.39, 0.29) is 82.9 Å². The number of hydrogen-bond acceptors (Lipinski definition) is 29. The molecule has 28 atom stereocenters. The zero-order valence-electron chi connectivity index (χ0n) is 55.8. The molecule has 4 amide bonds. The van der Waals surface area contributed by atoms with E-state index in [1.807, 2.05) is 11.8 Å². The third-order valence-corrected chi connectivity index (χ3v) is 21.3. The summed E-state index contributed by atoms with van der Waals surface area (Å²) < 4.78 is 102. The molecule has 0 aromatic heterocycles. The number of amides is 4. The minimum atomic E-state index is -1.46. The predicted octanol–water partition coefficient (Wildman–Crippen LogP) is -3.31. The SMILES string of the molecule is COCC1O[C@H](O[C@@H]2C(OC)[C@@H](O[C@@H]3C(OC)[C@@H](OC4[C@@H](CO)[C@H](CO)C(CCO)O[C@@H]4NC(=O)CCCCCNC(=O)CCCC[C@@H]4SC[C@@H]5NC(=O)N[C@@H]54)OC(COC)[C@H]3CO)OC(COC)[C@H]2CO)C(OC)[C@@H](O[C@H]2OC(CCO)[C@@H](CO)[C@H](CO)C2OC)[C@@H]1CO. The molecule has 0 saturated carbocycles. The highest BCUT2D eigenvalue weighted by Gasteiger charge is 2.59. The molecular formula is C62H110N4O28S. The molecule has 552 valence electrons. The van der Waals surface area contributed by atoms with E-state index in [4.69, 9.17) is 75.8 Å². The Morgan fingerprint density at radius 3 is 1.31 bits per heavy atom. The summed E-state index contributed by atoms with van der Waals surface area (Å²) in [6.07, 6.45) is -16.2. The number of methoxy groups -OCH3 is 7. The van der Waals surface area contributed by atoms with Gasteiger partial charge in [-0.3, -0.25) is 9.59 Å². The summed E-state index contributed by atoms with van der Waals surface area (Å²) in [6, 6.07) is 0.148. The van der Waals surface area contributed by atoms with Crippen LogP contribution >= 0.6 is 11.8 Å². The minimum Gasteiger partial charge on any atom is -0.396 e. The molecule has 95 heavy (non-hydrogen) atoms. The lowest BCUT2D eigenvalue weighted by Crippen LogP contribution is -2.67. The van der Waals surface area contributed by atoms with Crippen molar-refractivity contribution in [3.63, 3.8) is 0 Å². The fourth-order valence-electron chi connectivity index (χ4n) is 14.8. The van der Waals surface area contributed by atoms with Gasteiger partial charge in [0.15, 0.2) is 31.4 Å². The smallest absolute Gasteiger partial charge is 0.315 e. The maximum absolute atomic E-state index is 13.9. The van der Waals surface area contributed by atoms with Crippen LogP contribution in [-0.2, 0) is 85.4 Å². The number of thioether (sulfide) groups is 1. The molecule has 7 heterocycles. The molecule has 33 heteroatoms. The number of rotatable bonds is 41. The van der Waals surface area contributed by atoms with Crippen molar-refractivity contribution in [1.82, 2.24) is 21.3 Å². The van der Waals surface area contributed by atoms with E-state index in [9.17, 15) is 60.3 Å². The number of aliphatic hydroxyl groups excluding tert-OH is 9. The predicted molar refractivity (Wildman–Crippen MR) is 333 cm³/mol. The second-order valence-electron chi connectivity index (χ2n) is 25.4. The average molecular weight is 1390 g/mol. The molecule has 0 aromatic rings. The number of carbonyl (C=O) groups is 3. The lowest BCUT2D eigenvalue weighted by Gasteiger charge is -2.53. The molecule has 0 bridgehead atoms. The van der Waals surface area contributed by atoms with E-state index in [0.29, 0.717) is 37.5 Å². The van der Waals surface area contributed by atoms with Crippen molar-refractivity contribution in [2.24, 2.45) is 41.4 Å². The Labute approximate surface area is 560 Å². The van der Waals surface area contributed by atoms with Gasteiger partial charge in [-0.05, 0) is 38.5 Å². The van der Waals surface area contributed by atoms with Crippen molar-refractivity contribution >= 4 is 29.6 Å². The highest BCUT2D eigenvalue weighted by atomic mass is 32.2. The van der Waals surface area contributed by atoms with Gasteiger partial charge in [0.05, 0.1) is 101 Å². The van der Waals surface area contributed by atoms with E-state index >= 15 is 0 Å². The van der Waals surface area contributed by atoms with Crippen LogP contribution in [0.3, 0.4) is 0 Å². The first-order chi connectivity index (χ1) is 46.2. The van der Waals surface area contributed by atoms with Crippen molar-refractivity contribution in [3.8, 4) is 0 Å². The van der Waals surface area contributed by atoms with Crippen molar-refractivity contribution in [2.45, 2.75) is 192 Å². The molecule has 7 aliphatic rings. The quantitative estimate of drug-likeness (QED) is 0.0211. The van der Waals surface area contributed by atoms with Gasteiger partial charge in [0.25, 0.3) is 0 Å². The molecule has 0 radical (unpaired) electrons. The molecule has 0 aromatic carbocycles. The second-order valence-corrected chi connectivity index (χ2v) is 26.7. The minimum absolute atomic E-state index is 0.0439. The Kier molecular flexibility index (Phi) is 34.4. The van der Waals surface area contributed by atoms with Crippen LogP contribution in [-0.4, -0.2) is 333 Å². The van der Waals surface area contributed by atoms with Crippen LogP contribution in [0.5, 0.6) is 0 Å². The molecule has 7 fully saturated rings. The van der Waals surface area contributed by atoms with Gasteiger partial charge in [-0.25, -0.2) is 4.79 Å². The maximum atomic E-state index is 13.9. The highest BCUT2D eigenvalue weighted by molar-refractivity contribution is 8.00. The molecular weight excluding hydrogens is 1280 g/mol. The van der Waals surface area contributed by atoms with Gasteiger partial charge in [0, 0.05) is 161 Å². The molecule has 0 aliphatic carbocycles. The third kappa shape index (κ3) is 20.0. The number of carbonyl (C=O) groups excluding carboxylic acids is 3. The molecule has 32 nitrogen and oxygen atoms in total. The third-order valence-electron chi connectivity index (χ3n) is 19.8. The molecule has 0 spiro atoms. The van der Waals surface area contributed by atoms with Crippen LogP contribution in [0, 0.1) is 41.4 Å². The molecule has 7 rings (SSSR count). The topological polar surface area (TPSA) is 429 Å². The van der Waals surface area contributed by atoms with Gasteiger partial charge in [-0.2, -0.15) is 11.8 Å². The molecule has 10 unspecified atom stereocenters. The first-order valence-corrected chi connectivity index (χ1v) is 34.4. The van der Waals surface area contributed by atoms with Gasteiger partial charge >= 0.3 is 6.03 Å². The summed E-state index contributed by atoms with van der Waals surface area (Å²) in [5.74, 6) is -5.46. The van der Waals surface area contributed by atoms with Crippen LogP contribution in [0.4, 0.5) is 4.79 Å². The van der Waals surface area contributed by atoms with E-state index in [2.05, 4.69) is 21.3 Å². The van der Waals surface area contributed by atoms with Crippen molar-refractivity contribution in [3.05, 3.63) is 0 Å². The van der Waals surface area contributed by atoms with E-state index in [1.165, 1.54) is 49.8 Å². The monoisotopic (exact) mass is 1390 g/mol. The lowest BCUT2D eigenvalue weighted by molar-refractivity contribution is -0.391. The van der Waals surface area contributed by atoms with Crippen LogP contribution < -0.4 is 21.3 Å².